The van der Waals surface area contributed by atoms with E-state index < -0.39 is 0 Å². The van der Waals surface area contributed by atoms with Gasteiger partial charge in [-0.25, -0.2) is 0 Å². The molecule has 0 bridgehead atoms. The minimum atomic E-state index is -0.345. The van der Waals surface area contributed by atoms with E-state index in [2.05, 4.69) is 52.8 Å². The Labute approximate surface area is 153 Å². The van der Waals surface area contributed by atoms with Crippen LogP contribution in [0.25, 0.3) is 0 Å². The maximum atomic E-state index is 6.14. The highest BCUT2D eigenvalue weighted by Gasteiger charge is 2.33. The minimum absolute atomic E-state index is 0.299. The van der Waals surface area contributed by atoms with E-state index in [4.69, 9.17) is 9.47 Å². The molecule has 0 aromatic heterocycles. The standard InChI is InChI=1S/C23H34O2/c1-7-24-22(19-11-9-8-10-12-19)25-20-15-13-18(14-16-20)21(17(2)3)23(4,5)6/h8-13,15-18,21-22H,7,14H2,1-6H3. The van der Waals surface area contributed by atoms with Gasteiger partial charge >= 0.3 is 0 Å². The molecule has 0 heterocycles. The maximum absolute atomic E-state index is 6.14. The number of hydrogen-bond acceptors (Lipinski definition) is 2. The van der Waals surface area contributed by atoms with Gasteiger partial charge in [0.05, 0.1) is 0 Å². The number of benzene rings is 1. The molecule has 0 spiro atoms. The molecule has 1 aromatic rings. The van der Waals surface area contributed by atoms with Crippen molar-refractivity contribution in [2.75, 3.05) is 6.61 Å². The fraction of sp³-hybridized carbons (Fsp3) is 0.565. The molecule has 0 saturated heterocycles. The van der Waals surface area contributed by atoms with Crippen LogP contribution in [0.5, 0.6) is 0 Å². The second-order valence-electron chi connectivity index (χ2n) is 8.32. The summed E-state index contributed by atoms with van der Waals surface area (Å²) in [5.41, 5.74) is 1.35. The molecule has 0 fully saturated rings. The average Bonchev–Trinajstić information content (AvgIpc) is 2.55. The first-order valence-electron chi connectivity index (χ1n) is 9.54. The van der Waals surface area contributed by atoms with Crippen molar-refractivity contribution < 1.29 is 9.47 Å². The molecular formula is C23H34O2. The third kappa shape index (κ3) is 5.47. The molecule has 138 valence electrons. The van der Waals surface area contributed by atoms with Gasteiger partial charge in [-0.3, -0.25) is 0 Å². The summed E-state index contributed by atoms with van der Waals surface area (Å²) in [5, 5.41) is 0. The molecule has 1 aromatic carbocycles. The fourth-order valence-electron chi connectivity index (χ4n) is 4.19. The molecule has 3 unspecified atom stereocenters. The Morgan fingerprint density at radius 2 is 1.80 bits per heavy atom. The van der Waals surface area contributed by atoms with Crippen molar-refractivity contribution in [3.05, 3.63) is 59.9 Å². The molecule has 0 amide bonds. The van der Waals surface area contributed by atoms with Crippen molar-refractivity contribution in [2.24, 2.45) is 23.2 Å². The summed E-state index contributed by atoms with van der Waals surface area (Å²) in [6.45, 7) is 14.3. The van der Waals surface area contributed by atoms with E-state index in [9.17, 15) is 0 Å². The van der Waals surface area contributed by atoms with Crippen molar-refractivity contribution in [3.63, 3.8) is 0 Å². The number of hydrogen-bond donors (Lipinski definition) is 0. The number of rotatable bonds is 7. The molecule has 25 heavy (non-hydrogen) atoms. The Kier molecular flexibility index (Phi) is 6.89. The van der Waals surface area contributed by atoms with Gasteiger partial charge in [0.1, 0.15) is 5.76 Å². The van der Waals surface area contributed by atoms with E-state index >= 15 is 0 Å². The van der Waals surface area contributed by atoms with Crippen LogP contribution in [0.2, 0.25) is 0 Å². The van der Waals surface area contributed by atoms with Crippen LogP contribution in [0.4, 0.5) is 0 Å². The molecule has 1 aliphatic carbocycles. The zero-order chi connectivity index (χ0) is 18.4. The first-order valence-corrected chi connectivity index (χ1v) is 9.54. The summed E-state index contributed by atoms with van der Waals surface area (Å²) in [6, 6.07) is 10.1. The maximum Gasteiger partial charge on any atom is 0.226 e. The van der Waals surface area contributed by atoms with E-state index in [1.807, 2.05) is 37.3 Å². The number of ether oxygens (including phenoxy) is 2. The fourth-order valence-corrected chi connectivity index (χ4v) is 4.19. The Balaban J connectivity index is 2.06. The third-order valence-corrected chi connectivity index (χ3v) is 4.91. The smallest absolute Gasteiger partial charge is 0.226 e. The SMILES string of the molecule is CCOC(OC1=CCC(C(C(C)C)C(C)(C)C)C=C1)c1ccccc1. The Hall–Kier alpha value is -1.54. The molecular weight excluding hydrogens is 308 g/mol. The lowest BCUT2D eigenvalue weighted by Crippen LogP contribution is -2.32. The van der Waals surface area contributed by atoms with E-state index in [1.54, 1.807) is 0 Å². The van der Waals surface area contributed by atoms with Gasteiger partial charge in [0, 0.05) is 12.2 Å². The molecule has 0 saturated carbocycles. The molecule has 2 heteroatoms. The predicted molar refractivity (Wildman–Crippen MR) is 105 cm³/mol. The van der Waals surface area contributed by atoms with Gasteiger partial charge in [-0.1, -0.05) is 71.0 Å². The van der Waals surface area contributed by atoms with Crippen LogP contribution >= 0.6 is 0 Å². The second-order valence-corrected chi connectivity index (χ2v) is 8.32. The van der Waals surface area contributed by atoms with Gasteiger partial charge in [0.15, 0.2) is 0 Å². The van der Waals surface area contributed by atoms with Gasteiger partial charge in [-0.2, -0.15) is 0 Å². The quantitative estimate of drug-likeness (QED) is 0.525. The molecule has 0 N–H and O–H groups in total. The molecule has 0 aliphatic heterocycles. The van der Waals surface area contributed by atoms with Crippen molar-refractivity contribution in [1.82, 2.24) is 0 Å². The Morgan fingerprint density at radius 3 is 2.28 bits per heavy atom. The highest BCUT2D eigenvalue weighted by Crippen LogP contribution is 2.41. The topological polar surface area (TPSA) is 18.5 Å². The highest BCUT2D eigenvalue weighted by molar-refractivity contribution is 5.22. The molecule has 3 atom stereocenters. The summed E-state index contributed by atoms with van der Waals surface area (Å²) < 4.78 is 11.9. The third-order valence-electron chi connectivity index (χ3n) is 4.91. The largest absolute Gasteiger partial charge is 0.461 e. The van der Waals surface area contributed by atoms with Crippen LogP contribution in [-0.4, -0.2) is 6.61 Å². The van der Waals surface area contributed by atoms with Crippen LogP contribution in [0, 0.1) is 23.2 Å². The Bertz CT molecular complexity index is 578. The van der Waals surface area contributed by atoms with Crippen molar-refractivity contribution >= 4 is 0 Å². The first kappa shape index (κ1) is 19.8. The van der Waals surface area contributed by atoms with Crippen molar-refractivity contribution in [2.45, 2.75) is 54.3 Å². The van der Waals surface area contributed by atoms with Gasteiger partial charge in [0.25, 0.3) is 0 Å². The molecule has 0 radical (unpaired) electrons. The monoisotopic (exact) mass is 342 g/mol. The average molecular weight is 343 g/mol. The van der Waals surface area contributed by atoms with Crippen LogP contribution < -0.4 is 0 Å². The predicted octanol–water partition coefficient (Wildman–Crippen LogP) is 6.52. The molecule has 1 aliphatic rings. The molecule has 2 rings (SSSR count). The normalized spacial score (nSPS) is 20.3. The van der Waals surface area contributed by atoms with E-state index in [0.29, 0.717) is 29.8 Å². The summed E-state index contributed by atoms with van der Waals surface area (Å²) in [7, 11) is 0. The van der Waals surface area contributed by atoms with Crippen LogP contribution in [-0.2, 0) is 9.47 Å². The first-order chi connectivity index (χ1) is 11.8. The van der Waals surface area contributed by atoms with Crippen LogP contribution in [0.15, 0.2) is 54.3 Å². The van der Waals surface area contributed by atoms with Crippen LogP contribution in [0.1, 0.15) is 59.8 Å². The van der Waals surface area contributed by atoms with Crippen molar-refractivity contribution in [3.8, 4) is 0 Å². The Morgan fingerprint density at radius 1 is 1.12 bits per heavy atom. The van der Waals surface area contributed by atoms with Gasteiger partial charge < -0.3 is 9.47 Å². The summed E-state index contributed by atoms with van der Waals surface area (Å²) >= 11 is 0. The zero-order valence-electron chi connectivity index (χ0n) is 16.7. The van der Waals surface area contributed by atoms with Crippen LogP contribution in [0.3, 0.4) is 0 Å². The number of allylic oxidation sites excluding steroid dienone is 3. The summed E-state index contributed by atoms with van der Waals surface area (Å²) in [4.78, 5) is 0. The van der Waals surface area contributed by atoms with E-state index in [-0.39, 0.29) is 6.29 Å². The zero-order valence-corrected chi connectivity index (χ0v) is 16.7. The lowest BCUT2D eigenvalue weighted by molar-refractivity contribution is -0.114. The summed E-state index contributed by atoms with van der Waals surface area (Å²) in [6.07, 6.45) is 7.37. The van der Waals surface area contributed by atoms with Gasteiger partial charge in [-0.15, -0.1) is 0 Å². The lowest BCUT2D eigenvalue weighted by Gasteiger charge is -2.39. The van der Waals surface area contributed by atoms with E-state index in [1.165, 1.54) is 0 Å². The highest BCUT2D eigenvalue weighted by atomic mass is 16.7. The second kappa shape index (κ2) is 8.71. The van der Waals surface area contributed by atoms with Gasteiger partial charge in [0.2, 0.25) is 6.29 Å². The lowest BCUT2D eigenvalue weighted by atomic mass is 9.66. The van der Waals surface area contributed by atoms with E-state index in [0.717, 1.165) is 17.7 Å². The van der Waals surface area contributed by atoms with Gasteiger partial charge in [-0.05, 0) is 48.7 Å². The minimum Gasteiger partial charge on any atom is -0.461 e. The van der Waals surface area contributed by atoms with Crippen molar-refractivity contribution in [1.29, 1.82) is 0 Å². The molecule has 2 nitrogen and oxygen atoms in total. The summed E-state index contributed by atoms with van der Waals surface area (Å²) in [5.74, 6) is 2.79.